The molecule has 2 heterocycles. The topological polar surface area (TPSA) is 41.9 Å². The molecule has 4 nitrogen and oxygen atoms in total. The number of hydrogen-bond donors (Lipinski definition) is 1. The molecule has 134 valence electrons. The lowest BCUT2D eigenvalue weighted by Crippen LogP contribution is -2.39. The molecule has 0 spiro atoms. The van der Waals surface area contributed by atoms with E-state index in [1.807, 2.05) is 0 Å². The van der Waals surface area contributed by atoms with Gasteiger partial charge in [0.25, 0.3) is 0 Å². The third-order valence-electron chi connectivity index (χ3n) is 6.12. The van der Waals surface area contributed by atoms with E-state index in [-0.39, 0.29) is 6.04 Å². The molecule has 2 atom stereocenters. The molecular formula is C22H23NO3. The fourth-order valence-corrected chi connectivity index (χ4v) is 4.92. The molecule has 0 unspecified atom stereocenters. The summed E-state index contributed by atoms with van der Waals surface area (Å²) in [6.07, 6.45) is 1.78. The van der Waals surface area contributed by atoms with Crippen LogP contribution in [0.5, 0.6) is 11.5 Å². The summed E-state index contributed by atoms with van der Waals surface area (Å²) in [5.74, 6) is 1.47. The summed E-state index contributed by atoms with van der Waals surface area (Å²) in [5, 5.41) is 15.8. The number of aliphatic hydroxyl groups excluding tert-OH is 1. The van der Waals surface area contributed by atoms with Gasteiger partial charge in [-0.05, 0) is 64.2 Å². The number of methoxy groups -OCH3 is 2. The molecule has 26 heavy (non-hydrogen) atoms. The van der Waals surface area contributed by atoms with E-state index in [2.05, 4.69) is 41.3 Å². The van der Waals surface area contributed by atoms with Crippen LogP contribution in [0, 0.1) is 0 Å². The summed E-state index contributed by atoms with van der Waals surface area (Å²) >= 11 is 0. The van der Waals surface area contributed by atoms with Crippen LogP contribution in [0.25, 0.3) is 21.5 Å². The number of ether oxygens (including phenoxy) is 2. The fourth-order valence-electron chi connectivity index (χ4n) is 4.92. The van der Waals surface area contributed by atoms with Gasteiger partial charge in [-0.2, -0.15) is 0 Å². The molecule has 3 aromatic carbocycles. The summed E-state index contributed by atoms with van der Waals surface area (Å²) in [6, 6.07) is 12.8. The van der Waals surface area contributed by atoms with Gasteiger partial charge >= 0.3 is 0 Å². The Morgan fingerprint density at radius 3 is 2.38 bits per heavy atom. The second kappa shape index (κ2) is 5.86. The summed E-state index contributed by atoms with van der Waals surface area (Å²) in [6.45, 7) is 1.94. The smallest absolute Gasteiger partial charge is 0.161 e. The van der Waals surface area contributed by atoms with Crippen LogP contribution in [0.1, 0.15) is 30.1 Å². The van der Waals surface area contributed by atoms with Crippen LogP contribution in [-0.4, -0.2) is 36.8 Å². The zero-order valence-electron chi connectivity index (χ0n) is 15.2. The van der Waals surface area contributed by atoms with Crippen molar-refractivity contribution in [1.82, 2.24) is 4.90 Å². The van der Waals surface area contributed by atoms with Gasteiger partial charge in [-0.15, -0.1) is 0 Å². The summed E-state index contributed by atoms with van der Waals surface area (Å²) in [7, 11) is 3.34. The Kier molecular flexibility index (Phi) is 3.59. The molecule has 0 saturated carbocycles. The molecule has 1 fully saturated rings. The standard InChI is InChI=1S/C22H23NO3/c1-25-19-10-15-13-6-3-4-7-14(13)21-17(16(15)11-20(19)26-2)12-23-9-5-8-18(23)22(21)24/h3-4,6-7,10-11,18,22,24H,5,8-9,12H2,1-2H3/t18-,22+/m0/s1. The molecule has 0 radical (unpaired) electrons. The molecule has 3 aromatic rings. The zero-order chi connectivity index (χ0) is 17.8. The summed E-state index contributed by atoms with van der Waals surface area (Å²) in [5.41, 5.74) is 2.33. The van der Waals surface area contributed by atoms with Gasteiger partial charge in [-0.1, -0.05) is 24.3 Å². The number of rotatable bonds is 2. The average molecular weight is 349 g/mol. The Morgan fingerprint density at radius 2 is 1.65 bits per heavy atom. The maximum absolute atomic E-state index is 11.2. The van der Waals surface area contributed by atoms with Crippen molar-refractivity contribution >= 4 is 21.5 Å². The van der Waals surface area contributed by atoms with E-state index in [0.29, 0.717) is 0 Å². The number of nitrogens with zero attached hydrogens (tertiary/aromatic N) is 1. The Labute approximate surface area is 152 Å². The highest BCUT2D eigenvalue weighted by atomic mass is 16.5. The Balaban J connectivity index is 1.91. The molecule has 0 aromatic heterocycles. The predicted octanol–water partition coefficient (Wildman–Crippen LogP) is 4.02. The third kappa shape index (κ3) is 2.09. The maximum atomic E-state index is 11.2. The molecule has 2 aliphatic heterocycles. The van der Waals surface area contributed by atoms with Crippen LogP contribution in [0.4, 0.5) is 0 Å². The predicted molar refractivity (Wildman–Crippen MR) is 103 cm³/mol. The molecule has 1 saturated heterocycles. The van der Waals surface area contributed by atoms with Crippen LogP contribution in [0.2, 0.25) is 0 Å². The monoisotopic (exact) mass is 349 g/mol. The van der Waals surface area contributed by atoms with Crippen LogP contribution in [-0.2, 0) is 6.54 Å². The zero-order valence-corrected chi connectivity index (χ0v) is 15.2. The molecule has 5 rings (SSSR count). The van der Waals surface area contributed by atoms with Crippen LogP contribution in [0.15, 0.2) is 36.4 Å². The lowest BCUT2D eigenvalue weighted by Gasteiger charge is -2.37. The first-order valence-corrected chi connectivity index (χ1v) is 9.24. The summed E-state index contributed by atoms with van der Waals surface area (Å²) < 4.78 is 11.1. The molecule has 0 amide bonds. The molecule has 0 aliphatic carbocycles. The fraction of sp³-hybridized carbons (Fsp3) is 0.364. The van der Waals surface area contributed by atoms with Gasteiger partial charge in [0.2, 0.25) is 0 Å². The van der Waals surface area contributed by atoms with Crippen LogP contribution >= 0.6 is 0 Å². The van der Waals surface area contributed by atoms with Gasteiger partial charge in [0.15, 0.2) is 11.5 Å². The van der Waals surface area contributed by atoms with Crippen molar-refractivity contribution in [3.05, 3.63) is 47.5 Å². The normalized spacial score (nSPS) is 22.4. The van der Waals surface area contributed by atoms with E-state index in [9.17, 15) is 5.11 Å². The first-order valence-electron chi connectivity index (χ1n) is 9.24. The van der Waals surface area contributed by atoms with E-state index in [1.54, 1.807) is 14.2 Å². The minimum Gasteiger partial charge on any atom is -0.493 e. The Morgan fingerprint density at radius 1 is 0.962 bits per heavy atom. The first kappa shape index (κ1) is 15.9. The second-order valence-electron chi connectivity index (χ2n) is 7.32. The van der Waals surface area contributed by atoms with Crippen LogP contribution < -0.4 is 9.47 Å². The maximum Gasteiger partial charge on any atom is 0.161 e. The van der Waals surface area contributed by atoms with Crippen molar-refractivity contribution in [2.45, 2.75) is 31.5 Å². The van der Waals surface area contributed by atoms with Gasteiger partial charge in [-0.3, -0.25) is 4.90 Å². The van der Waals surface area contributed by atoms with Gasteiger partial charge < -0.3 is 14.6 Å². The molecule has 2 aliphatic rings. The van der Waals surface area contributed by atoms with Crippen molar-refractivity contribution in [1.29, 1.82) is 0 Å². The minimum atomic E-state index is -0.441. The molecule has 1 N–H and O–H groups in total. The van der Waals surface area contributed by atoms with Crippen molar-refractivity contribution in [3.8, 4) is 11.5 Å². The van der Waals surface area contributed by atoms with Gasteiger partial charge in [0, 0.05) is 12.6 Å². The number of aliphatic hydroxyl groups is 1. The highest BCUT2D eigenvalue weighted by molar-refractivity contribution is 6.12. The van der Waals surface area contributed by atoms with Gasteiger partial charge in [-0.25, -0.2) is 0 Å². The first-order chi connectivity index (χ1) is 12.7. The minimum absolute atomic E-state index is 0.239. The van der Waals surface area contributed by atoms with E-state index in [4.69, 9.17) is 9.47 Å². The van der Waals surface area contributed by atoms with Crippen molar-refractivity contribution in [2.24, 2.45) is 0 Å². The lowest BCUT2D eigenvalue weighted by molar-refractivity contribution is 0.0552. The van der Waals surface area contributed by atoms with E-state index < -0.39 is 6.10 Å². The molecular weight excluding hydrogens is 326 g/mol. The second-order valence-corrected chi connectivity index (χ2v) is 7.32. The van der Waals surface area contributed by atoms with E-state index in [1.165, 1.54) is 5.56 Å². The highest BCUT2D eigenvalue weighted by Gasteiger charge is 2.38. The molecule has 0 bridgehead atoms. The number of benzene rings is 3. The SMILES string of the molecule is COc1cc2c3c(c4ccccc4c2cc1OC)[C@H](O)[C@@H]1CCCN1C3. The van der Waals surface area contributed by atoms with Gasteiger partial charge in [0.05, 0.1) is 20.3 Å². The highest BCUT2D eigenvalue weighted by Crippen LogP contribution is 2.46. The van der Waals surface area contributed by atoms with E-state index >= 15 is 0 Å². The average Bonchev–Trinajstić information content (AvgIpc) is 3.16. The Bertz CT molecular complexity index is 1010. The third-order valence-corrected chi connectivity index (χ3v) is 6.12. The quantitative estimate of drug-likeness (QED) is 0.710. The van der Waals surface area contributed by atoms with E-state index in [0.717, 1.165) is 64.5 Å². The summed E-state index contributed by atoms with van der Waals surface area (Å²) in [4.78, 5) is 2.43. The van der Waals surface area contributed by atoms with Crippen molar-refractivity contribution < 1.29 is 14.6 Å². The van der Waals surface area contributed by atoms with Crippen molar-refractivity contribution in [3.63, 3.8) is 0 Å². The van der Waals surface area contributed by atoms with Crippen LogP contribution in [0.3, 0.4) is 0 Å². The number of fused-ring (bicyclic) bond motifs is 7. The van der Waals surface area contributed by atoms with Gasteiger partial charge in [0.1, 0.15) is 0 Å². The molecule has 4 heteroatoms. The largest absolute Gasteiger partial charge is 0.493 e. The lowest BCUT2D eigenvalue weighted by atomic mass is 9.83. The Hall–Kier alpha value is -2.30. The van der Waals surface area contributed by atoms with Crippen molar-refractivity contribution in [2.75, 3.05) is 20.8 Å². The number of hydrogen-bond acceptors (Lipinski definition) is 4.